The lowest BCUT2D eigenvalue weighted by atomic mass is 9.91. The summed E-state index contributed by atoms with van der Waals surface area (Å²) in [7, 11) is 4.83. The molecule has 148 valence electrons. The molecule has 5 nitrogen and oxygen atoms in total. The Balaban J connectivity index is 0.00000364. The van der Waals surface area contributed by atoms with E-state index in [1.54, 1.807) is 21.3 Å². The van der Waals surface area contributed by atoms with Crippen LogP contribution in [0.3, 0.4) is 0 Å². The zero-order valence-electron chi connectivity index (χ0n) is 16.1. The van der Waals surface area contributed by atoms with E-state index in [-0.39, 0.29) is 18.3 Å². The van der Waals surface area contributed by atoms with Crippen molar-refractivity contribution >= 4 is 18.7 Å². The maximum atomic E-state index is 10.7. The molecule has 0 aliphatic heterocycles. The molecule has 2 rings (SSSR count). The van der Waals surface area contributed by atoms with Gasteiger partial charge in [0.05, 0.1) is 27.9 Å². The van der Waals surface area contributed by atoms with Crippen LogP contribution in [0.15, 0.2) is 42.5 Å². The first-order chi connectivity index (χ1) is 12.7. The minimum Gasteiger partial charge on any atom is -0.493 e. The summed E-state index contributed by atoms with van der Waals surface area (Å²) in [6.07, 6.45) is 2.77. The van der Waals surface area contributed by atoms with Gasteiger partial charge in [-0.1, -0.05) is 30.3 Å². The number of aldehydes is 1. The average Bonchev–Trinajstić information content (AvgIpc) is 2.70. The molecule has 0 saturated carbocycles. The molecule has 27 heavy (non-hydrogen) atoms. The van der Waals surface area contributed by atoms with E-state index in [1.165, 1.54) is 5.56 Å². The van der Waals surface area contributed by atoms with E-state index in [1.807, 2.05) is 18.2 Å². The van der Waals surface area contributed by atoms with E-state index in [0.717, 1.165) is 24.7 Å². The minimum atomic E-state index is 0. The van der Waals surface area contributed by atoms with Crippen molar-refractivity contribution in [1.82, 2.24) is 5.32 Å². The molecule has 2 aromatic rings. The van der Waals surface area contributed by atoms with Crippen LogP contribution >= 0.6 is 12.4 Å². The van der Waals surface area contributed by atoms with E-state index >= 15 is 0 Å². The monoisotopic (exact) mass is 393 g/mol. The van der Waals surface area contributed by atoms with Gasteiger partial charge in [0, 0.05) is 6.54 Å². The number of carbonyl (C=O) groups excluding carboxylic acids is 1. The van der Waals surface area contributed by atoms with E-state index in [2.05, 4.69) is 29.6 Å². The Morgan fingerprint density at radius 3 is 2.15 bits per heavy atom. The van der Waals surface area contributed by atoms with Gasteiger partial charge in [0.1, 0.15) is 6.29 Å². The lowest BCUT2D eigenvalue weighted by Gasteiger charge is -2.21. The minimum absolute atomic E-state index is 0. The van der Waals surface area contributed by atoms with Crippen molar-refractivity contribution in [2.75, 3.05) is 34.4 Å². The molecule has 1 atom stereocenters. The summed E-state index contributed by atoms with van der Waals surface area (Å²) >= 11 is 0. The first kappa shape index (κ1) is 22.8. The number of halogens is 1. The highest BCUT2D eigenvalue weighted by Crippen LogP contribution is 2.40. The van der Waals surface area contributed by atoms with Crippen LogP contribution < -0.4 is 19.5 Å². The lowest BCUT2D eigenvalue weighted by molar-refractivity contribution is -0.107. The van der Waals surface area contributed by atoms with Crippen molar-refractivity contribution in [2.45, 2.75) is 18.8 Å². The molecule has 1 unspecified atom stereocenters. The quantitative estimate of drug-likeness (QED) is 0.466. The molecule has 6 heteroatoms. The van der Waals surface area contributed by atoms with E-state index in [9.17, 15) is 4.79 Å². The van der Waals surface area contributed by atoms with E-state index in [4.69, 9.17) is 14.2 Å². The van der Waals surface area contributed by atoms with Gasteiger partial charge in [-0.25, -0.2) is 0 Å². The van der Waals surface area contributed by atoms with Crippen LogP contribution in [0.25, 0.3) is 0 Å². The fourth-order valence-electron chi connectivity index (χ4n) is 3.03. The van der Waals surface area contributed by atoms with Crippen LogP contribution in [0, 0.1) is 0 Å². The second kappa shape index (κ2) is 12.2. The number of hydrogen-bond acceptors (Lipinski definition) is 5. The zero-order valence-corrected chi connectivity index (χ0v) is 16.9. The molecule has 1 N–H and O–H groups in total. The Morgan fingerprint density at radius 1 is 1.00 bits per heavy atom. The number of nitrogens with one attached hydrogen (secondary N) is 1. The van der Waals surface area contributed by atoms with Gasteiger partial charge in [-0.3, -0.25) is 0 Å². The molecule has 0 bridgehead atoms. The molecule has 0 radical (unpaired) electrons. The van der Waals surface area contributed by atoms with Gasteiger partial charge in [0.25, 0.3) is 0 Å². The first-order valence-electron chi connectivity index (χ1n) is 8.71. The van der Waals surface area contributed by atoms with Crippen LogP contribution in [0.4, 0.5) is 0 Å². The third-order valence-electron chi connectivity index (χ3n) is 4.40. The SMILES string of the molecule is COc1cc(C(CCc2ccccc2)CNCC=O)cc(OC)c1OC.Cl. The molecule has 2 aromatic carbocycles. The van der Waals surface area contributed by atoms with Crippen molar-refractivity contribution < 1.29 is 19.0 Å². The molecule has 0 amide bonds. The molecule has 0 aromatic heterocycles. The highest BCUT2D eigenvalue weighted by Gasteiger charge is 2.19. The number of ether oxygens (including phenoxy) is 3. The van der Waals surface area contributed by atoms with Crippen molar-refractivity contribution in [3.05, 3.63) is 53.6 Å². The molecule has 0 aliphatic carbocycles. The Labute approximate surface area is 167 Å². The summed E-state index contributed by atoms with van der Waals surface area (Å²) in [6.45, 7) is 1.04. The van der Waals surface area contributed by atoms with Crippen LogP contribution in [0.5, 0.6) is 17.2 Å². The van der Waals surface area contributed by atoms with Gasteiger partial charge < -0.3 is 24.3 Å². The zero-order chi connectivity index (χ0) is 18.8. The number of benzene rings is 2. The smallest absolute Gasteiger partial charge is 0.203 e. The maximum absolute atomic E-state index is 10.7. The summed E-state index contributed by atoms with van der Waals surface area (Å²) in [5.41, 5.74) is 2.38. The maximum Gasteiger partial charge on any atom is 0.203 e. The molecule has 0 spiro atoms. The van der Waals surface area contributed by atoms with E-state index in [0.29, 0.717) is 30.3 Å². The molecule has 0 saturated heterocycles. The highest BCUT2D eigenvalue weighted by molar-refractivity contribution is 5.85. The van der Waals surface area contributed by atoms with Gasteiger partial charge in [-0.05, 0) is 42.0 Å². The van der Waals surface area contributed by atoms with Crippen LogP contribution in [0.1, 0.15) is 23.5 Å². The number of carbonyl (C=O) groups is 1. The van der Waals surface area contributed by atoms with Crippen LogP contribution in [-0.2, 0) is 11.2 Å². The van der Waals surface area contributed by atoms with Crippen molar-refractivity contribution in [1.29, 1.82) is 0 Å². The first-order valence-corrected chi connectivity index (χ1v) is 8.71. The van der Waals surface area contributed by atoms with Crippen molar-refractivity contribution in [3.8, 4) is 17.2 Å². The number of aryl methyl sites for hydroxylation is 1. The predicted molar refractivity (Wildman–Crippen MR) is 110 cm³/mol. The highest BCUT2D eigenvalue weighted by atomic mass is 35.5. The fraction of sp³-hybridized carbons (Fsp3) is 0.381. The second-order valence-electron chi connectivity index (χ2n) is 6.00. The third-order valence-corrected chi connectivity index (χ3v) is 4.40. The van der Waals surface area contributed by atoms with Crippen LogP contribution in [0.2, 0.25) is 0 Å². The molecule has 0 fully saturated rings. The van der Waals surface area contributed by atoms with Gasteiger partial charge in [0.15, 0.2) is 11.5 Å². The third kappa shape index (κ3) is 6.45. The fourth-order valence-corrected chi connectivity index (χ4v) is 3.03. The van der Waals surface area contributed by atoms with E-state index < -0.39 is 0 Å². The Kier molecular flexibility index (Phi) is 10.3. The average molecular weight is 394 g/mol. The van der Waals surface area contributed by atoms with Crippen molar-refractivity contribution in [2.24, 2.45) is 0 Å². The standard InChI is InChI=1S/C21H27NO4.ClH/c1-24-19-13-18(14-20(25-2)21(19)26-3)17(15-22-11-12-23)10-9-16-7-5-4-6-8-16;/h4-8,12-14,17,22H,9-11,15H2,1-3H3;1H. The Bertz CT molecular complexity index is 669. The van der Waals surface area contributed by atoms with Gasteiger partial charge >= 0.3 is 0 Å². The lowest BCUT2D eigenvalue weighted by Crippen LogP contribution is -2.24. The van der Waals surface area contributed by atoms with Gasteiger partial charge in [-0.15, -0.1) is 12.4 Å². The Morgan fingerprint density at radius 2 is 1.63 bits per heavy atom. The molecule has 0 heterocycles. The topological polar surface area (TPSA) is 56.8 Å². The van der Waals surface area contributed by atoms with Gasteiger partial charge in [0.2, 0.25) is 5.75 Å². The molecule has 0 aliphatic rings. The normalized spacial score (nSPS) is 11.2. The summed E-state index contributed by atoms with van der Waals surface area (Å²) in [6, 6.07) is 14.4. The van der Waals surface area contributed by atoms with Gasteiger partial charge in [-0.2, -0.15) is 0 Å². The number of methoxy groups -OCH3 is 3. The molecular weight excluding hydrogens is 366 g/mol. The van der Waals surface area contributed by atoms with Crippen LogP contribution in [-0.4, -0.2) is 40.7 Å². The number of hydrogen-bond donors (Lipinski definition) is 1. The number of rotatable bonds is 11. The largest absolute Gasteiger partial charge is 0.493 e. The Hall–Kier alpha value is -2.24. The summed E-state index contributed by atoms with van der Waals surface area (Å²) < 4.78 is 16.4. The summed E-state index contributed by atoms with van der Waals surface area (Å²) in [5.74, 6) is 2.08. The summed E-state index contributed by atoms with van der Waals surface area (Å²) in [5, 5.41) is 3.19. The van der Waals surface area contributed by atoms with Crippen molar-refractivity contribution in [3.63, 3.8) is 0 Å². The predicted octanol–water partition coefficient (Wildman–Crippen LogP) is 3.64. The molecular formula is C21H28ClNO4. The summed E-state index contributed by atoms with van der Waals surface area (Å²) in [4.78, 5) is 10.7. The second-order valence-corrected chi connectivity index (χ2v) is 6.00.